The van der Waals surface area contributed by atoms with Crippen LogP contribution in [0.3, 0.4) is 0 Å². The molecule has 1 N–H and O–H groups in total. The van der Waals surface area contributed by atoms with Crippen molar-refractivity contribution < 1.29 is 4.39 Å². The molecule has 0 aromatic carbocycles. The van der Waals surface area contributed by atoms with Crippen LogP contribution >= 0.6 is 0 Å². The molecule has 0 aliphatic carbocycles. The molecule has 1 unspecified atom stereocenters. The van der Waals surface area contributed by atoms with Gasteiger partial charge in [-0.1, -0.05) is 26.7 Å². The van der Waals surface area contributed by atoms with E-state index in [0.717, 1.165) is 19.4 Å². The largest absolute Gasteiger partial charge is 0.288 e. The first-order chi connectivity index (χ1) is 4.81. The zero-order valence-corrected chi connectivity index (χ0v) is 6.99. The number of halogens is 1. The summed E-state index contributed by atoms with van der Waals surface area (Å²) in [7, 11) is 0. The Hall–Kier alpha value is -0.110. The summed E-state index contributed by atoms with van der Waals surface area (Å²) in [6.07, 6.45) is 3.20. The van der Waals surface area contributed by atoms with Crippen LogP contribution in [0.2, 0.25) is 0 Å². The molecule has 0 bridgehead atoms. The van der Waals surface area contributed by atoms with Crippen LogP contribution in [-0.4, -0.2) is 12.8 Å². The van der Waals surface area contributed by atoms with Crippen LogP contribution in [0.4, 0.5) is 4.39 Å². The molecule has 0 radical (unpaired) electrons. The van der Waals surface area contributed by atoms with Gasteiger partial charge in [0, 0.05) is 0 Å². The fourth-order valence-corrected chi connectivity index (χ4v) is 0.897. The first-order valence-electron chi connectivity index (χ1n) is 4.18. The monoisotopic (exact) mass is 147 g/mol. The Balaban J connectivity index is 2.97. The number of alkyl halides is 1. The van der Waals surface area contributed by atoms with Crippen LogP contribution in [0.25, 0.3) is 0 Å². The average Bonchev–Trinajstić information content (AvgIpc) is 1.89. The Bertz CT molecular complexity index is 66.3. The number of nitrogens with one attached hydrogen (secondary N) is 1. The molecular formula is C8H18FN. The molecule has 2 heteroatoms. The molecule has 1 atom stereocenters. The average molecular weight is 147 g/mol. The van der Waals surface area contributed by atoms with Gasteiger partial charge < -0.3 is 0 Å². The van der Waals surface area contributed by atoms with Gasteiger partial charge in [-0.2, -0.15) is 0 Å². The van der Waals surface area contributed by atoms with Crippen molar-refractivity contribution >= 4 is 0 Å². The number of rotatable bonds is 6. The zero-order valence-electron chi connectivity index (χ0n) is 6.99. The molecule has 0 amide bonds. The summed E-state index contributed by atoms with van der Waals surface area (Å²) in [5.74, 6) is 0. The minimum atomic E-state index is -0.781. The van der Waals surface area contributed by atoms with Gasteiger partial charge >= 0.3 is 0 Å². The lowest BCUT2D eigenvalue weighted by atomic mass is 10.2. The molecule has 0 saturated heterocycles. The highest BCUT2D eigenvalue weighted by molar-refractivity contribution is 4.51. The predicted octanol–water partition coefficient (Wildman–Crippen LogP) is 2.47. The Kier molecular flexibility index (Phi) is 6.93. The van der Waals surface area contributed by atoms with Crippen molar-refractivity contribution in [2.75, 3.05) is 6.54 Å². The van der Waals surface area contributed by atoms with Gasteiger partial charge in [-0.15, -0.1) is 0 Å². The zero-order chi connectivity index (χ0) is 7.82. The fraction of sp³-hybridized carbons (Fsp3) is 1.00. The predicted molar refractivity (Wildman–Crippen MR) is 42.7 cm³/mol. The summed E-state index contributed by atoms with van der Waals surface area (Å²) in [5, 5.41) is 2.74. The molecular weight excluding hydrogens is 129 g/mol. The van der Waals surface area contributed by atoms with Gasteiger partial charge in [0.2, 0.25) is 0 Å². The molecule has 0 spiro atoms. The van der Waals surface area contributed by atoms with Crippen LogP contribution in [0.15, 0.2) is 0 Å². The lowest BCUT2D eigenvalue weighted by Crippen LogP contribution is -2.23. The van der Waals surface area contributed by atoms with E-state index < -0.39 is 6.30 Å². The first kappa shape index (κ1) is 9.89. The van der Waals surface area contributed by atoms with E-state index in [0.29, 0.717) is 6.42 Å². The lowest BCUT2D eigenvalue weighted by Gasteiger charge is -2.06. The Morgan fingerprint density at radius 2 is 2.00 bits per heavy atom. The third-order valence-corrected chi connectivity index (χ3v) is 1.49. The van der Waals surface area contributed by atoms with Crippen molar-refractivity contribution in [1.82, 2.24) is 5.32 Å². The molecule has 62 valence electrons. The maximum atomic E-state index is 12.6. The lowest BCUT2D eigenvalue weighted by molar-refractivity contribution is 0.255. The van der Waals surface area contributed by atoms with E-state index in [9.17, 15) is 4.39 Å². The molecule has 10 heavy (non-hydrogen) atoms. The Morgan fingerprint density at radius 3 is 2.50 bits per heavy atom. The first-order valence-corrected chi connectivity index (χ1v) is 4.18. The molecule has 0 aromatic heterocycles. The van der Waals surface area contributed by atoms with Crippen LogP contribution in [0, 0.1) is 0 Å². The van der Waals surface area contributed by atoms with E-state index in [4.69, 9.17) is 0 Å². The normalized spacial score (nSPS) is 13.5. The highest BCUT2D eigenvalue weighted by atomic mass is 19.1. The van der Waals surface area contributed by atoms with Gasteiger partial charge in [-0.05, 0) is 19.4 Å². The van der Waals surface area contributed by atoms with E-state index in [1.807, 2.05) is 6.92 Å². The van der Waals surface area contributed by atoms with Crippen molar-refractivity contribution in [3.63, 3.8) is 0 Å². The second-order valence-electron chi connectivity index (χ2n) is 2.52. The van der Waals surface area contributed by atoms with Crippen molar-refractivity contribution in [1.29, 1.82) is 0 Å². The molecule has 0 heterocycles. The molecule has 1 nitrogen and oxygen atoms in total. The third kappa shape index (κ3) is 6.02. The third-order valence-electron chi connectivity index (χ3n) is 1.49. The number of unbranched alkanes of at least 4 members (excludes halogenated alkanes) is 2. The molecule has 0 aliphatic rings. The summed E-state index contributed by atoms with van der Waals surface area (Å²) < 4.78 is 12.6. The molecule has 0 fully saturated rings. The topological polar surface area (TPSA) is 12.0 Å². The quantitative estimate of drug-likeness (QED) is 0.449. The van der Waals surface area contributed by atoms with Gasteiger partial charge in [0.05, 0.1) is 0 Å². The molecule has 0 aliphatic heterocycles. The van der Waals surface area contributed by atoms with Gasteiger partial charge in [0.15, 0.2) is 6.30 Å². The summed E-state index contributed by atoms with van der Waals surface area (Å²) >= 11 is 0. The summed E-state index contributed by atoms with van der Waals surface area (Å²) in [5.41, 5.74) is 0. The summed E-state index contributed by atoms with van der Waals surface area (Å²) in [6, 6.07) is 0. The maximum Gasteiger partial charge on any atom is 0.151 e. The van der Waals surface area contributed by atoms with Crippen LogP contribution in [0.1, 0.15) is 39.5 Å². The number of hydrogen-bond acceptors (Lipinski definition) is 1. The van der Waals surface area contributed by atoms with Gasteiger partial charge in [0.25, 0.3) is 0 Å². The minimum absolute atomic E-state index is 0.668. The van der Waals surface area contributed by atoms with E-state index in [1.54, 1.807) is 0 Å². The maximum absolute atomic E-state index is 12.6. The smallest absolute Gasteiger partial charge is 0.151 e. The van der Waals surface area contributed by atoms with Gasteiger partial charge in [0.1, 0.15) is 0 Å². The Labute approximate surface area is 63.0 Å². The summed E-state index contributed by atoms with van der Waals surface area (Å²) in [6.45, 7) is 4.78. The van der Waals surface area contributed by atoms with Crippen molar-refractivity contribution in [2.45, 2.75) is 45.8 Å². The highest BCUT2D eigenvalue weighted by Gasteiger charge is 2.01. The molecule has 0 rings (SSSR count). The molecule has 0 aromatic rings. The van der Waals surface area contributed by atoms with E-state index in [2.05, 4.69) is 12.2 Å². The standard InChI is InChI=1S/C8H18FN/c1-3-5-6-7-8(9)10-4-2/h8,10H,3-7H2,1-2H3. The van der Waals surface area contributed by atoms with Crippen LogP contribution in [-0.2, 0) is 0 Å². The van der Waals surface area contributed by atoms with Crippen LogP contribution in [0.5, 0.6) is 0 Å². The van der Waals surface area contributed by atoms with Gasteiger partial charge in [-0.25, -0.2) is 4.39 Å². The van der Waals surface area contributed by atoms with E-state index >= 15 is 0 Å². The second kappa shape index (κ2) is 7.00. The highest BCUT2D eigenvalue weighted by Crippen LogP contribution is 2.03. The van der Waals surface area contributed by atoms with Crippen molar-refractivity contribution in [2.24, 2.45) is 0 Å². The van der Waals surface area contributed by atoms with Crippen molar-refractivity contribution in [3.05, 3.63) is 0 Å². The number of hydrogen-bond donors (Lipinski definition) is 1. The minimum Gasteiger partial charge on any atom is -0.288 e. The van der Waals surface area contributed by atoms with Crippen LogP contribution < -0.4 is 5.32 Å². The summed E-state index contributed by atoms with van der Waals surface area (Å²) in [4.78, 5) is 0. The van der Waals surface area contributed by atoms with Crippen molar-refractivity contribution in [3.8, 4) is 0 Å². The second-order valence-corrected chi connectivity index (χ2v) is 2.52. The fourth-order valence-electron chi connectivity index (χ4n) is 0.897. The van der Waals surface area contributed by atoms with E-state index in [-0.39, 0.29) is 0 Å². The Morgan fingerprint density at radius 1 is 1.30 bits per heavy atom. The SMILES string of the molecule is CCCCCC(F)NCC. The van der Waals surface area contributed by atoms with E-state index in [1.165, 1.54) is 6.42 Å². The molecule has 0 saturated carbocycles. The van der Waals surface area contributed by atoms with Gasteiger partial charge in [-0.3, -0.25) is 5.32 Å².